The Bertz CT molecular complexity index is 1480. The van der Waals surface area contributed by atoms with Crippen molar-refractivity contribution in [2.45, 2.75) is 116 Å². The van der Waals surface area contributed by atoms with Crippen molar-refractivity contribution in [2.24, 2.45) is 17.8 Å². The molecule has 50 heavy (non-hydrogen) atoms. The number of hydrogen-bond acceptors (Lipinski definition) is 8. The smallest absolute Gasteiger partial charge is 0.246 e. The van der Waals surface area contributed by atoms with Gasteiger partial charge >= 0.3 is 0 Å². The van der Waals surface area contributed by atoms with Crippen LogP contribution in [0.4, 0.5) is 0 Å². The van der Waals surface area contributed by atoms with Crippen LogP contribution in [0.25, 0.3) is 0 Å². The molecule has 6 atom stereocenters. The van der Waals surface area contributed by atoms with Gasteiger partial charge in [-0.05, 0) is 80.0 Å². The van der Waals surface area contributed by atoms with Crippen LogP contribution >= 0.6 is 0 Å². The van der Waals surface area contributed by atoms with Crippen LogP contribution in [0.3, 0.4) is 0 Å². The molecule has 0 spiro atoms. The number of aromatic hydroxyl groups is 1. The molecule has 3 heterocycles. The first-order valence-corrected chi connectivity index (χ1v) is 17.8. The summed E-state index contributed by atoms with van der Waals surface area (Å²) in [5.41, 5.74) is 0.590. The van der Waals surface area contributed by atoms with Gasteiger partial charge in [-0.25, -0.2) is 0 Å². The standard InChI is InChI=1S/C36H52N6O8/c1-6-21-16-23-17-22(9-11-28(23)43)29(44)18-37-32(46)25(14-19(2)3)39-34(48)26(15-20(4)5)40-35(49)27-8-7-13-42(27)36(50)31(21)41-33(47)24-10-12-30(45)38-24/h9,11,17,19-21,24-27,31,43H,6-8,10,12-16,18H2,1-5H3,(H,37,46)(H,38,45)(H,39,48)(H,40,49)(H,41,47)/t21-,24+,25+,26+,27+,31+/m1/s1. The lowest BCUT2D eigenvalue weighted by Gasteiger charge is -2.34. The van der Waals surface area contributed by atoms with E-state index in [0.717, 1.165) is 0 Å². The molecule has 3 aliphatic rings. The summed E-state index contributed by atoms with van der Waals surface area (Å²) in [6.07, 6.45) is 2.35. The quantitative estimate of drug-likeness (QED) is 0.243. The molecule has 6 amide bonds. The fourth-order valence-corrected chi connectivity index (χ4v) is 6.97. The second-order valence-corrected chi connectivity index (χ2v) is 14.6. The van der Waals surface area contributed by atoms with Gasteiger partial charge in [0, 0.05) is 18.5 Å². The van der Waals surface area contributed by atoms with Crippen molar-refractivity contribution in [3.8, 4) is 5.75 Å². The van der Waals surface area contributed by atoms with Gasteiger partial charge in [0.2, 0.25) is 35.4 Å². The van der Waals surface area contributed by atoms with Gasteiger partial charge in [0.1, 0.15) is 36.0 Å². The summed E-state index contributed by atoms with van der Waals surface area (Å²) in [6.45, 7) is 9.33. The fourth-order valence-electron chi connectivity index (χ4n) is 6.97. The highest BCUT2D eigenvalue weighted by molar-refractivity contribution is 6.01. The van der Waals surface area contributed by atoms with E-state index in [0.29, 0.717) is 31.2 Å². The second kappa shape index (κ2) is 16.9. The number of nitrogens with zero attached hydrogens (tertiary/aromatic N) is 1. The van der Waals surface area contributed by atoms with E-state index in [1.807, 2.05) is 34.6 Å². The molecule has 274 valence electrons. The van der Waals surface area contributed by atoms with Crippen molar-refractivity contribution in [1.29, 1.82) is 0 Å². The normalized spacial score (nSPS) is 27.1. The highest BCUT2D eigenvalue weighted by Gasteiger charge is 2.42. The number of fused-ring (bicyclic) bond motifs is 3. The predicted octanol–water partition coefficient (Wildman–Crippen LogP) is 1.09. The number of Topliss-reactive ketones (excluding diaryl/α,β-unsaturated/α-hetero) is 1. The molecule has 6 N–H and O–H groups in total. The minimum Gasteiger partial charge on any atom is -0.508 e. The number of phenols is 1. The lowest BCUT2D eigenvalue weighted by molar-refractivity contribution is -0.143. The predicted molar refractivity (Wildman–Crippen MR) is 184 cm³/mol. The van der Waals surface area contributed by atoms with E-state index < -0.39 is 71.4 Å². The molecule has 2 bridgehead atoms. The van der Waals surface area contributed by atoms with Crippen LogP contribution in [0.5, 0.6) is 5.75 Å². The number of ketones is 1. The SMILES string of the molecule is CC[C@@H]1Cc2cc(ccc2O)C(=O)CNC(=O)[C@H](CC(C)C)NC(=O)[C@H](CC(C)C)NC(=O)[C@@H]2CCCN2C(=O)[C@H]1NC(=O)[C@@H]1CCC(=O)N1. The number of carbonyl (C=O) groups is 7. The molecule has 2 fully saturated rings. The van der Waals surface area contributed by atoms with Gasteiger partial charge in [0.05, 0.1) is 6.54 Å². The fraction of sp³-hybridized carbons (Fsp3) is 0.639. The Morgan fingerprint density at radius 1 is 0.920 bits per heavy atom. The van der Waals surface area contributed by atoms with Gasteiger partial charge in [0.15, 0.2) is 5.78 Å². The number of rotatable bonds is 7. The molecule has 1 aromatic carbocycles. The van der Waals surface area contributed by atoms with Crippen LogP contribution < -0.4 is 26.6 Å². The highest BCUT2D eigenvalue weighted by atomic mass is 16.3. The minimum absolute atomic E-state index is 0.00337. The van der Waals surface area contributed by atoms with Crippen LogP contribution in [0, 0.1) is 17.8 Å². The largest absolute Gasteiger partial charge is 0.508 e. The number of nitrogens with one attached hydrogen (secondary N) is 5. The Kier molecular flexibility index (Phi) is 13.0. The van der Waals surface area contributed by atoms with E-state index in [1.165, 1.54) is 23.1 Å². The van der Waals surface area contributed by atoms with E-state index in [9.17, 15) is 38.7 Å². The number of amides is 6. The van der Waals surface area contributed by atoms with Crippen LogP contribution in [0.1, 0.15) is 95.5 Å². The Labute approximate surface area is 293 Å². The van der Waals surface area contributed by atoms with Crippen LogP contribution in [0.15, 0.2) is 18.2 Å². The lowest BCUT2D eigenvalue weighted by Crippen LogP contribution is -2.60. The maximum Gasteiger partial charge on any atom is 0.246 e. The molecule has 3 aliphatic heterocycles. The first-order chi connectivity index (χ1) is 23.7. The molecular formula is C36H52N6O8. The van der Waals surface area contributed by atoms with Crippen LogP contribution in [-0.2, 0) is 35.2 Å². The minimum atomic E-state index is -1.13. The van der Waals surface area contributed by atoms with Crippen LogP contribution in [-0.4, -0.2) is 94.5 Å². The third kappa shape index (κ3) is 9.60. The summed E-state index contributed by atoms with van der Waals surface area (Å²) in [5.74, 6) is -3.99. The van der Waals surface area contributed by atoms with Gasteiger partial charge in [-0.3, -0.25) is 33.6 Å². The number of phenolic OH excluding ortho intramolecular Hbond substituents is 1. The summed E-state index contributed by atoms with van der Waals surface area (Å²) in [4.78, 5) is 95.5. The van der Waals surface area contributed by atoms with Crippen LogP contribution in [0.2, 0.25) is 0 Å². The maximum atomic E-state index is 14.5. The van der Waals surface area contributed by atoms with Crippen molar-refractivity contribution in [3.63, 3.8) is 0 Å². The maximum absolute atomic E-state index is 14.5. The van der Waals surface area contributed by atoms with Gasteiger partial charge in [-0.15, -0.1) is 0 Å². The molecule has 0 aromatic heterocycles. The molecule has 14 nitrogen and oxygen atoms in total. The molecule has 1 aromatic rings. The summed E-state index contributed by atoms with van der Waals surface area (Å²) in [5, 5.41) is 24.6. The highest BCUT2D eigenvalue weighted by Crippen LogP contribution is 2.28. The van der Waals surface area contributed by atoms with E-state index >= 15 is 0 Å². The van der Waals surface area contributed by atoms with E-state index in [4.69, 9.17) is 0 Å². The molecule has 0 saturated carbocycles. The molecule has 0 aliphatic carbocycles. The summed E-state index contributed by atoms with van der Waals surface area (Å²) >= 11 is 0. The molecule has 4 rings (SSSR count). The van der Waals surface area contributed by atoms with Gasteiger partial charge in [0.25, 0.3) is 0 Å². The van der Waals surface area contributed by atoms with E-state index in [2.05, 4.69) is 26.6 Å². The van der Waals surface area contributed by atoms with Crippen molar-refractivity contribution in [1.82, 2.24) is 31.5 Å². The molecular weight excluding hydrogens is 644 g/mol. The zero-order valence-corrected chi connectivity index (χ0v) is 29.7. The van der Waals surface area contributed by atoms with E-state index in [-0.39, 0.29) is 67.8 Å². The number of hydrogen-bond donors (Lipinski definition) is 6. The summed E-state index contributed by atoms with van der Waals surface area (Å²) < 4.78 is 0. The Morgan fingerprint density at radius 3 is 2.20 bits per heavy atom. The Balaban J connectivity index is 1.75. The average molecular weight is 697 g/mol. The summed E-state index contributed by atoms with van der Waals surface area (Å²) in [7, 11) is 0. The van der Waals surface area contributed by atoms with Crippen molar-refractivity contribution in [3.05, 3.63) is 29.3 Å². The first kappa shape index (κ1) is 38.3. The third-order valence-electron chi connectivity index (χ3n) is 9.70. The van der Waals surface area contributed by atoms with Gasteiger partial charge in [-0.1, -0.05) is 41.0 Å². The molecule has 0 unspecified atom stereocenters. The topological polar surface area (TPSA) is 203 Å². The summed E-state index contributed by atoms with van der Waals surface area (Å²) in [6, 6.07) is -0.507. The molecule has 2 saturated heterocycles. The lowest BCUT2D eigenvalue weighted by atomic mass is 9.87. The molecule has 0 radical (unpaired) electrons. The molecule has 14 heteroatoms. The second-order valence-electron chi connectivity index (χ2n) is 14.6. The first-order valence-electron chi connectivity index (χ1n) is 17.8. The number of benzene rings is 1. The zero-order valence-electron chi connectivity index (χ0n) is 29.7. The average Bonchev–Trinajstić information content (AvgIpc) is 3.73. The van der Waals surface area contributed by atoms with Crippen molar-refractivity contribution >= 4 is 41.2 Å². The monoisotopic (exact) mass is 696 g/mol. The number of carbonyl (C=O) groups excluding carboxylic acids is 7. The zero-order chi connectivity index (χ0) is 36.7. The Hall–Kier alpha value is -4.49. The van der Waals surface area contributed by atoms with Gasteiger partial charge in [-0.2, -0.15) is 0 Å². The van der Waals surface area contributed by atoms with Gasteiger partial charge < -0.3 is 36.6 Å². The van der Waals surface area contributed by atoms with Crippen molar-refractivity contribution < 1.29 is 38.7 Å². The Morgan fingerprint density at radius 2 is 1.58 bits per heavy atom. The third-order valence-corrected chi connectivity index (χ3v) is 9.70. The van der Waals surface area contributed by atoms with E-state index in [1.54, 1.807) is 0 Å². The van der Waals surface area contributed by atoms with Crippen molar-refractivity contribution in [2.75, 3.05) is 13.1 Å².